The van der Waals surface area contributed by atoms with Gasteiger partial charge in [0, 0.05) is 19.5 Å². The van der Waals surface area contributed by atoms with Gasteiger partial charge in [-0.1, -0.05) is 26.7 Å². The monoisotopic (exact) mass is 198 g/mol. The molecule has 3 amide bonds. The van der Waals surface area contributed by atoms with E-state index in [1.165, 1.54) is 0 Å². The Morgan fingerprint density at radius 2 is 2.00 bits per heavy atom. The van der Waals surface area contributed by atoms with Crippen LogP contribution in [-0.4, -0.2) is 29.9 Å². The van der Waals surface area contributed by atoms with Gasteiger partial charge in [-0.3, -0.25) is 10.1 Å². The van der Waals surface area contributed by atoms with Crippen LogP contribution in [0.4, 0.5) is 4.79 Å². The van der Waals surface area contributed by atoms with E-state index in [2.05, 4.69) is 19.2 Å². The lowest BCUT2D eigenvalue weighted by Gasteiger charge is -2.29. The molecule has 0 aliphatic carbocycles. The fraction of sp³-hybridized carbons (Fsp3) is 0.800. The van der Waals surface area contributed by atoms with Crippen molar-refractivity contribution in [1.29, 1.82) is 0 Å². The first-order chi connectivity index (χ1) is 6.67. The van der Waals surface area contributed by atoms with E-state index in [0.717, 1.165) is 19.4 Å². The largest absolute Gasteiger partial charge is 0.324 e. The summed E-state index contributed by atoms with van der Waals surface area (Å²) in [6, 6.07) is -0.229. The fourth-order valence-electron chi connectivity index (χ4n) is 1.63. The summed E-state index contributed by atoms with van der Waals surface area (Å²) < 4.78 is 0. The van der Waals surface area contributed by atoms with Crippen molar-refractivity contribution in [3.8, 4) is 0 Å². The van der Waals surface area contributed by atoms with Gasteiger partial charge in [-0.15, -0.1) is 0 Å². The molecule has 1 heterocycles. The zero-order valence-corrected chi connectivity index (χ0v) is 8.88. The number of amides is 3. The highest BCUT2D eigenvalue weighted by Crippen LogP contribution is 2.11. The van der Waals surface area contributed by atoms with Crippen LogP contribution in [-0.2, 0) is 4.79 Å². The van der Waals surface area contributed by atoms with Crippen LogP contribution in [0.3, 0.4) is 0 Å². The number of hydrogen-bond acceptors (Lipinski definition) is 2. The van der Waals surface area contributed by atoms with Crippen LogP contribution in [0.1, 0.15) is 33.1 Å². The van der Waals surface area contributed by atoms with E-state index in [4.69, 9.17) is 0 Å². The van der Waals surface area contributed by atoms with Crippen molar-refractivity contribution in [2.75, 3.05) is 13.1 Å². The van der Waals surface area contributed by atoms with Crippen LogP contribution in [0.5, 0.6) is 0 Å². The number of rotatable bonds is 4. The number of nitrogens with zero attached hydrogens (tertiary/aromatic N) is 1. The maximum absolute atomic E-state index is 11.4. The van der Waals surface area contributed by atoms with E-state index in [1.54, 1.807) is 4.90 Å². The van der Waals surface area contributed by atoms with E-state index in [0.29, 0.717) is 18.9 Å². The molecule has 0 bridgehead atoms. The van der Waals surface area contributed by atoms with Crippen molar-refractivity contribution < 1.29 is 9.59 Å². The van der Waals surface area contributed by atoms with Crippen molar-refractivity contribution in [2.45, 2.75) is 33.1 Å². The first kappa shape index (κ1) is 11.0. The second-order valence-electron chi connectivity index (χ2n) is 3.73. The van der Waals surface area contributed by atoms with E-state index in [9.17, 15) is 9.59 Å². The molecule has 0 unspecified atom stereocenters. The lowest BCUT2D eigenvalue weighted by atomic mass is 10.0. The lowest BCUT2D eigenvalue weighted by Crippen LogP contribution is -2.50. The van der Waals surface area contributed by atoms with E-state index in [1.807, 2.05) is 0 Å². The van der Waals surface area contributed by atoms with E-state index >= 15 is 0 Å². The molecular weight excluding hydrogens is 180 g/mol. The van der Waals surface area contributed by atoms with Gasteiger partial charge in [0.15, 0.2) is 0 Å². The summed E-state index contributed by atoms with van der Waals surface area (Å²) in [5.41, 5.74) is 0. The summed E-state index contributed by atoms with van der Waals surface area (Å²) in [5.74, 6) is 0.393. The van der Waals surface area contributed by atoms with Gasteiger partial charge in [0.2, 0.25) is 5.91 Å². The van der Waals surface area contributed by atoms with Crippen LogP contribution in [0.2, 0.25) is 0 Å². The van der Waals surface area contributed by atoms with Crippen LogP contribution >= 0.6 is 0 Å². The van der Waals surface area contributed by atoms with Gasteiger partial charge < -0.3 is 4.90 Å². The second-order valence-corrected chi connectivity index (χ2v) is 3.73. The molecular formula is C10H18N2O2. The van der Waals surface area contributed by atoms with Crippen LogP contribution in [0, 0.1) is 5.92 Å². The minimum atomic E-state index is -0.229. The average Bonchev–Trinajstić information content (AvgIpc) is 2.17. The summed E-state index contributed by atoms with van der Waals surface area (Å²) in [6.07, 6.45) is 2.59. The predicted molar refractivity (Wildman–Crippen MR) is 53.8 cm³/mol. The highest BCUT2D eigenvalue weighted by atomic mass is 16.2. The molecule has 4 heteroatoms. The maximum atomic E-state index is 11.4. The molecule has 1 N–H and O–H groups in total. The Morgan fingerprint density at radius 1 is 1.36 bits per heavy atom. The molecule has 0 aromatic heterocycles. The number of urea groups is 1. The van der Waals surface area contributed by atoms with Crippen molar-refractivity contribution in [3.05, 3.63) is 0 Å². The summed E-state index contributed by atoms with van der Waals surface area (Å²) in [4.78, 5) is 24.0. The summed E-state index contributed by atoms with van der Waals surface area (Å²) in [7, 11) is 0. The molecule has 1 saturated heterocycles. The molecule has 80 valence electrons. The van der Waals surface area contributed by atoms with Gasteiger partial charge in [-0.2, -0.15) is 0 Å². The average molecular weight is 198 g/mol. The zero-order valence-electron chi connectivity index (χ0n) is 8.88. The van der Waals surface area contributed by atoms with E-state index < -0.39 is 0 Å². The normalized spacial score (nSPS) is 17.5. The summed E-state index contributed by atoms with van der Waals surface area (Å²) in [5, 5.41) is 2.33. The lowest BCUT2D eigenvalue weighted by molar-refractivity contribution is -0.121. The third-order valence-electron chi connectivity index (χ3n) is 2.78. The Bertz CT molecular complexity index is 224. The molecule has 0 radical (unpaired) electrons. The van der Waals surface area contributed by atoms with Gasteiger partial charge in [0.25, 0.3) is 0 Å². The molecule has 1 aliphatic heterocycles. The van der Waals surface area contributed by atoms with Crippen molar-refractivity contribution in [2.24, 2.45) is 5.92 Å². The second kappa shape index (κ2) is 4.98. The van der Waals surface area contributed by atoms with Crippen LogP contribution in [0.25, 0.3) is 0 Å². The van der Waals surface area contributed by atoms with Gasteiger partial charge in [-0.25, -0.2) is 4.79 Å². The molecule has 14 heavy (non-hydrogen) atoms. The minimum absolute atomic E-state index is 0.157. The van der Waals surface area contributed by atoms with Crippen molar-refractivity contribution in [3.63, 3.8) is 0 Å². The predicted octanol–water partition coefficient (Wildman–Crippen LogP) is 1.36. The highest BCUT2D eigenvalue weighted by Gasteiger charge is 2.24. The highest BCUT2D eigenvalue weighted by molar-refractivity contribution is 5.96. The Hall–Kier alpha value is -1.06. The quantitative estimate of drug-likeness (QED) is 0.741. The first-order valence-corrected chi connectivity index (χ1v) is 5.26. The fourth-order valence-corrected chi connectivity index (χ4v) is 1.63. The van der Waals surface area contributed by atoms with Crippen molar-refractivity contribution >= 4 is 11.9 Å². The van der Waals surface area contributed by atoms with E-state index in [-0.39, 0.29) is 11.9 Å². The standard InChI is InChI=1S/C10H18N2O2/c1-3-8(4-2)7-12-6-5-9(13)11-10(12)14/h8H,3-7H2,1-2H3,(H,11,13,14). The molecule has 0 saturated carbocycles. The molecule has 1 rings (SSSR count). The number of nitrogens with one attached hydrogen (secondary N) is 1. The number of carbonyl (C=O) groups is 2. The molecule has 1 fully saturated rings. The number of imide groups is 1. The topological polar surface area (TPSA) is 49.4 Å². The van der Waals surface area contributed by atoms with Crippen LogP contribution < -0.4 is 5.32 Å². The molecule has 0 aromatic carbocycles. The third-order valence-corrected chi connectivity index (χ3v) is 2.78. The van der Waals surface area contributed by atoms with Gasteiger partial charge in [-0.05, 0) is 5.92 Å². The maximum Gasteiger partial charge on any atom is 0.324 e. The molecule has 0 atom stereocenters. The Morgan fingerprint density at radius 3 is 2.50 bits per heavy atom. The molecule has 0 spiro atoms. The van der Waals surface area contributed by atoms with Gasteiger partial charge >= 0.3 is 6.03 Å². The van der Waals surface area contributed by atoms with Crippen molar-refractivity contribution in [1.82, 2.24) is 10.2 Å². The zero-order chi connectivity index (χ0) is 10.6. The SMILES string of the molecule is CCC(CC)CN1CCC(=O)NC1=O. The number of hydrogen-bond donors (Lipinski definition) is 1. The van der Waals surface area contributed by atoms with Gasteiger partial charge in [0.05, 0.1) is 0 Å². The smallest absolute Gasteiger partial charge is 0.324 e. The summed E-state index contributed by atoms with van der Waals surface area (Å²) >= 11 is 0. The Balaban J connectivity index is 2.44. The third kappa shape index (κ3) is 2.72. The number of carbonyl (C=O) groups excluding carboxylic acids is 2. The summed E-state index contributed by atoms with van der Waals surface area (Å²) in [6.45, 7) is 5.59. The Labute approximate surface area is 84.7 Å². The molecule has 4 nitrogen and oxygen atoms in total. The van der Waals surface area contributed by atoms with Crippen LogP contribution in [0.15, 0.2) is 0 Å². The Kier molecular flexibility index (Phi) is 3.92. The molecule has 0 aromatic rings. The van der Waals surface area contributed by atoms with Gasteiger partial charge in [0.1, 0.15) is 0 Å². The first-order valence-electron chi connectivity index (χ1n) is 5.26. The minimum Gasteiger partial charge on any atom is -0.324 e. The molecule has 1 aliphatic rings.